The maximum atomic E-state index is 12.7. The Labute approximate surface area is 240 Å². The quantitative estimate of drug-likeness (QED) is 0.163. The Morgan fingerprint density at radius 3 is 2.64 bits per heavy atom. The minimum atomic E-state index is -1.07. The summed E-state index contributed by atoms with van der Waals surface area (Å²) >= 11 is 6.41. The van der Waals surface area contributed by atoms with Crippen molar-refractivity contribution in [2.75, 3.05) is 18.1 Å². The molecule has 2 fully saturated rings. The highest BCUT2D eigenvalue weighted by Gasteiger charge is 2.42. The van der Waals surface area contributed by atoms with Crippen LogP contribution in [0.2, 0.25) is 0 Å². The lowest BCUT2D eigenvalue weighted by Crippen LogP contribution is -2.33. The molecule has 39 heavy (non-hydrogen) atoms. The molecule has 1 aliphatic carbocycles. The van der Waals surface area contributed by atoms with Crippen molar-refractivity contribution >= 4 is 57.6 Å². The van der Waals surface area contributed by atoms with Crippen LogP contribution in [0.3, 0.4) is 0 Å². The Bertz CT molecular complexity index is 1260. The normalized spacial score (nSPS) is 21.1. The van der Waals surface area contributed by atoms with Gasteiger partial charge in [-0.2, -0.15) is 0 Å². The molecule has 2 aromatic rings. The lowest BCUT2D eigenvalue weighted by atomic mass is 9.96. The summed E-state index contributed by atoms with van der Waals surface area (Å²) in [6, 6.07) is 15.3. The maximum Gasteiger partial charge on any atom is 0.323 e. The Hall–Kier alpha value is -2.84. The van der Waals surface area contributed by atoms with E-state index >= 15 is 0 Å². The largest absolute Gasteiger partial charge is 0.494 e. The van der Waals surface area contributed by atoms with E-state index < -0.39 is 12.5 Å². The van der Waals surface area contributed by atoms with E-state index in [1.807, 2.05) is 12.1 Å². The number of benzene rings is 2. The van der Waals surface area contributed by atoms with Crippen molar-refractivity contribution < 1.29 is 19.4 Å². The SMILES string of the molecule is CCCCCCCCOc1ccc(N2c3ccc(/C=C4\SC(=S)N(CC(=O)O)C4=O)cc3C3CCCC32)cc1. The molecular weight excluding hydrogens is 528 g/mol. The van der Waals surface area contributed by atoms with Crippen molar-refractivity contribution in [2.24, 2.45) is 0 Å². The number of carboxylic acids is 1. The van der Waals surface area contributed by atoms with E-state index in [9.17, 15) is 9.59 Å². The van der Waals surface area contributed by atoms with Crippen LogP contribution in [-0.2, 0) is 9.59 Å². The Kier molecular flexibility index (Phi) is 8.92. The van der Waals surface area contributed by atoms with Crippen LogP contribution >= 0.6 is 24.0 Å². The molecule has 0 spiro atoms. The molecular formula is C31H36N2O4S2. The number of thioether (sulfide) groups is 1. The summed E-state index contributed by atoms with van der Waals surface area (Å²) in [5.74, 6) is -0.0364. The molecule has 2 unspecified atom stereocenters. The molecule has 3 aliphatic rings. The molecule has 206 valence electrons. The second-order valence-corrected chi connectivity index (χ2v) is 12.2. The van der Waals surface area contributed by atoms with E-state index in [1.54, 1.807) is 0 Å². The van der Waals surface area contributed by atoms with Crippen LogP contribution in [0.5, 0.6) is 5.75 Å². The van der Waals surface area contributed by atoms with Crippen molar-refractivity contribution in [3.05, 3.63) is 58.5 Å². The van der Waals surface area contributed by atoms with E-state index in [1.165, 1.54) is 55.5 Å². The summed E-state index contributed by atoms with van der Waals surface area (Å²) in [5.41, 5.74) is 4.66. The number of rotatable bonds is 12. The van der Waals surface area contributed by atoms with Gasteiger partial charge >= 0.3 is 5.97 Å². The first-order valence-electron chi connectivity index (χ1n) is 14.1. The second kappa shape index (κ2) is 12.6. The zero-order valence-corrected chi connectivity index (χ0v) is 24.1. The number of carbonyl (C=O) groups is 2. The van der Waals surface area contributed by atoms with Gasteiger partial charge < -0.3 is 14.7 Å². The molecule has 0 bridgehead atoms. The molecule has 5 rings (SSSR count). The van der Waals surface area contributed by atoms with Crippen LogP contribution in [0, 0.1) is 0 Å². The number of carbonyl (C=O) groups excluding carboxylic acids is 1. The van der Waals surface area contributed by atoms with Crippen molar-refractivity contribution in [3.63, 3.8) is 0 Å². The van der Waals surface area contributed by atoms with Crippen molar-refractivity contribution in [2.45, 2.75) is 76.7 Å². The fourth-order valence-electron chi connectivity index (χ4n) is 6.00. The molecule has 2 aliphatic heterocycles. The zero-order chi connectivity index (χ0) is 27.4. The molecule has 2 atom stereocenters. The molecule has 2 heterocycles. The number of amides is 1. The molecule has 0 aromatic heterocycles. The third-order valence-corrected chi connectivity index (χ3v) is 9.25. The van der Waals surface area contributed by atoms with Gasteiger partial charge in [-0.25, -0.2) is 0 Å². The molecule has 1 saturated carbocycles. The van der Waals surface area contributed by atoms with Crippen molar-refractivity contribution in [1.29, 1.82) is 0 Å². The van der Waals surface area contributed by atoms with Gasteiger partial charge in [-0.3, -0.25) is 14.5 Å². The van der Waals surface area contributed by atoms with E-state index in [0.717, 1.165) is 53.8 Å². The second-order valence-electron chi connectivity index (χ2n) is 10.6. The Balaban J connectivity index is 1.28. The molecule has 8 heteroatoms. The van der Waals surface area contributed by atoms with E-state index in [4.69, 9.17) is 22.1 Å². The van der Waals surface area contributed by atoms with Crippen LogP contribution < -0.4 is 9.64 Å². The minimum Gasteiger partial charge on any atom is -0.494 e. The number of hydrogen-bond acceptors (Lipinski definition) is 6. The zero-order valence-electron chi connectivity index (χ0n) is 22.4. The van der Waals surface area contributed by atoms with Crippen molar-refractivity contribution in [1.82, 2.24) is 4.90 Å². The lowest BCUT2D eigenvalue weighted by molar-refractivity contribution is -0.140. The number of fused-ring (bicyclic) bond motifs is 3. The summed E-state index contributed by atoms with van der Waals surface area (Å²) in [6.07, 6.45) is 12.9. The van der Waals surface area contributed by atoms with Crippen LogP contribution in [0.1, 0.15) is 81.8 Å². The van der Waals surface area contributed by atoms with Crippen LogP contribution in [0.15, 0.2) is 47.4 Å². The number of nitrogens with zero attached hydrogens (tertiary/aromatic N) is 2. The van der Waals surface area contributed by atoms with Gasteiger partial charge in [0, 0.05) is 23.3 Å². The van der Waals surface area contributed by atoms with Gasteiger partial charge in [0.1, 0.15) is 16.6 Å². The van der Waals surface area contributed by atoms with Crippen molar-refractivity contribution in [3.8, 4) is 5.75 Å². The van der Waals surface area contributed by atoms with Crippen LogP contribution in [-0.4, -0.2) is 45.4 Å². The topological polar surface area (TPSA) is 70.1 Å². The van der Waals surface area contributed by atoms with E-state index in [2.05, 4.69) is 48.2 Å². The summed E-state index contributed by atoms with van der Waals surface area (Å²) in [7, 11) is 0. The van der Waals surface area contributed by atoms with E-state index in [-0.39, 0.29) is 10.2 Å². The predicted molar refractivity (Wildman–Crippen MR) is 162 cm³/mol. The molecule has 1 saturated heterocycles. The first kappa shape index (κ1) is 27.7. The number of aliphatic carboxylic acids is 1. The number of hydrogen-bond donors (Lipinski definition) is 1. The summed E-state index contributed by atoms with van der Waals surface area (Å²) < 4.78 is 6.30. The fraction of sp³-hybridized carbons (Fsp3) is 0.452. The predicted octanol–water partition coefficient (Wildman–Crippen LogP) is 7.50. The molecule has 1 amide bonds. The fourth-order valence-corrected chi connectivity index (χ4v) is 7.25. The summed E-state index contributed by atoms with van der Waals surface area (Å²) in [6.45, 7) is 2.60. The van der Waals surface area contributed by atoms with Gasteiger partial charge in [0.15, 0.2) is 0 Å². The molecule has 1 N–H and O–H groups in total. The van der Waals surface area contributed by atoms with Gasteiger partial charge in [0.25, 0.3) is 5.91 Å². The van der Waals surface area contributed by atoms with E-state index in [0.29, 0.717) is 16.9 Å². The highest BCUT2D eigenvalue weighted by Crippen LogP contribution is 2.52. The van der Waals surface area contributed by atoms with Crippen LogP contribution in [0.25, 0.3) is 6.08 Å². The summed E-state index contributed by atoms with van der Waals surface area (Å²) in [5, 5.41) is 9.10. The molecule has 6 nitrogen and oxygen atoms in total. The third kappa shape index (κ3) is 6.17. The first-order valence-corrected chi connectivity index (χ1v) is 15.3. The highest BCUT2D eigenvalue weighted by atomic mass is 32.2. The average molecular weight is 565 g/mol. The van der Waals surface area contributed by atoms with Gasteiger partial charge in [0.05, 0.1) is 11.5 Å². The van der Waals surface area contributed by atoms with Crippen LogP contribution in [0.4, 0.5) is 11.4 Å². The number of ether oxygens (including phenoxy) is 1. The molecule has 2 aromatic carbocycles. The number of unbranched alkanes of at least 4 members (excludes halogenated alkanes) is 5. The highest BCUT2D eigenvalue weighted by molar-refractivity contribution is 8.26. The number of anilines is 2. The number of thiocarbonyl (C=S) groups is 1. The monoisotopic (exact) mass is 564 g/mol. The summed E-state index contributed by atoms with van der Waals surface area (Å²) in [4.78, 5) is 27.9. The maximum absolute atomic E-state index is 12.7. The smallest absolute Gasteiger partial charge is 0.323 e. The minimum absolute atomic E-state index is 0.288. The van der Waals surface area contributed by atoms with Gasteiger partial charge in [-0.05, 0) is 72.9 Å². The Morgan fingerprint density at radius 1 is 1.10 bits per heavy atom. The molecule has 0 radical (unpaired) electrons. The van der Waals surface area contributed by atoms with Gasteiger partial charge in [-0.1, -0.05) is 75.5 Å². The lowest BCUT2D eigenvalue weighted by Gasteiger charge is -2.27. The number of carboxylic acid groups (broad SMARTS) is 1. The van der Waals surface area contributed by atoms with Gasteiger partial charge in [0.2, 0.25) is 0 Å². The Morgan fingerprint density at radius 2 is 1.87 bits per heavy atom. The average Bonchev–Trinajstić information content (AvgIpc) is 3.58. The first-order chi connectivity index (χ1) is 19.0. The standard InChI is InChI=1S/C31H36N2O4S2/c1-2-3-4-5-6-7-17-37-23-14-12-22(13-15-23)33-26-10-8-9-24(26)25-18-21(11-16-27(25)33)19-28-30(36)32(20-29(34)35)31(38)39-28/h11-16,18-19,24,26H,2-10,17,20H2,1H3,(H,34,35)/b28-19-. The third-order valence-electron chi connectivity index (χ3n) is 7.87. The van der Waals surface area contributed by atoms with Gasteiger partial charge in [-0.15, -0.1) is 0 Å².